The van der Waals surface area contributed by atoms with Crippen molar-refractivity contribution in [2.75, 3.05) is 6.61 Å². The van der Waals surface area contributed by atoms with Crippen LogP contribution in [-0.2, 0) is 0 Å². The molecule has 0 spiro atoms. The molecule has 90 valence electrons. The summed E-state index contributed by atoms with van der Waals surface area (Å²) >= 11 is 3.52. The lowest BCUT2D eigenvalue weighted by molar-refractivity contribution is 0.215. The monoisotopic (exact) mass is 296 g/mol. The van der Waals surface area contributed by atoms with Gasteiger partial charge in [-0.3, -0.25) is 4.52 Å². The van der Waals surface area contributed by atoms with Gasteiger partial charge in [-0.25, -0.2) is 0 Å². The van der Waals surface area contributed by atoms with Crippen LogP contribution >= 0.6 is 15.9 Å². The number of halogens is 1. The number of hydrogen-bond donors (Lipinski definition) is 0. The number of hydrogen-bond acceptors (Lipinski definition) is 4. The molecule has 2 rings (SSSR count). The standard InChI is InChI=1S/C12H13BrN2O2/c1-3-16-12-14-11(15-17-12)10-6-4-9(5-7-10)8(2)13/h4-8H,3H2,1-2H3. The SMILES string of the molecule is CCOc1nc(-c2ccc(C(C)Br)cc2)no1. The molecule has 17 heavy (non-hydrogen) atoms. The largest absolute Gasteiger partial charge is 0.449 e. The minimum Gasteiger partial charge on any atom is -0.449 e. The molecule has 0 aliphatic rings. The van der Waals surface area contributed by atoms with Crippen LogP contribution in [0.4, 0.5) is 0 Å². The Balaban J connectivity index is 2.21. The van der Waals surface area contributed by atoms with Crippen molar-refractivity contribution in [3.8, 4) is 17.5 Å². The molecule has 1 aromatic heterocycles. The Hall–Kier alpha value is -1.36. The van der Waals surface area contributed by atoms with Crippen LogP contribution in [0.1, 0.15) is 24.2 Å². The van der Waals surface area contributed by atoms with Crippen LogP contribution < -0.4 is 4.74 Å². The summed E-state index contributed by atoms with van der Waals surface area (Å²) in [5.74, 6) is 0.544. The smallest absolute Gasteiger partial charge is 0.417 e. The van der Waals surface area contributed by atoms with Crippen LogP contribution in [0.15, 0.2) is 28.8 Å². The van der Waals surface area contributed by atoms with Crippen LogP contribution in [0.25, 0.3) is 11.4 Å². The van der Waals surface area contributed by atoms with E-state index in [-0.39, 0.29) is 6.08 Å². The van der Waals surface area contributed by atoms with Gasteiger partial charge in [0.1, 0.15) is 0 Å². The van der Waals surface area contributed by atoms with Gasteiger partial charge in [0, 0.05) is 10.4 Å². The van der Waals surface area contributed by atoms with Crippen molar-refractivity contribution in [3.63, 3.8) is 0 Å². The summed E-state index contributed by atoms with van der Waals surface area (Å²) in [6.45, 7) is 4.47. The zero-order valence-corrected chi connectivity index (χ0v) is 11.3. The van der Waals surface area contributed by atoms with Crippen molar-refractivity contribution in [2.24, 2.45) is 0 Å². The highest BCUT2D eigenvalue weighted by molar-refractivity contribution is 9.09. The van der Waals surface area contributed by atoms with Crippen LogP contribution in [0.2, 0.25) is 0 Å². The molecular weight excluding hydrogens is 284 g/mol. The molecule has 0 saturated heterocycles. The van der Waals surface area contributed by atoms with Crippen molar-refractivity contribution < 1.29 is 9.26 Å². The van der Waals surface area contributed by atoms with Crippen LogP contribution in [-0.4, -0.2) is 16.7 Å². The van der Waals surface area contributed by atoms with Crippen molar-refractivity contribution in [1.82, 2.24) is 10.1 Å². The summed E-state index contributed by atoms with van der Waals surface area (Å²) in [6, 6.07) is 8.00. The minimum absolute atomic E-state index is 0.209. The molecule has 1 atom stereocenters. The minimum atomic E-state index is 0.209. The molecule has 1 unspecified atom stereocenters. The molecular formula is C12H13BrN2O2. The van der Waals surface area contributed by atoms with Gasteiger partial charge in [-0.15, -0.1) is 0 Å². The number of ether oxygens (including phenoxy) is 1. The third kappa shape index (κ3) is 2.85. The van der Waals surface area contributed by atoms with Crippen LogP contribution in [0.3, 0.4) is 0 Å². The number of aromatic nitrogens is 2. The normalized spacial score (nSPS) is 12.4. The molecule has 2 aromatic rings. The van der Waals surface area contributed by atoms with E-state index in [0.717, 1.165) is 5.56 Å². The second kappa shape index (κ2) is 5.31. The van der Waals surface area contributed by atoms with E-state index in [4.69, 9.17) is 9.26 Å². The molecule has 0 radical (unpaired) electrons. The van der Waals surface area contributed by atoms with Gasteiger partial charge in [0.05, 0.1) is 6.61 Å². The predicted molar refractivity (Wildman–Crippen MR) is 68.2 cm³/mol. The van der Waals surface area contributed by atoms with Gasteiger partial charge >= 0.3 is 6.08 Å². The first-order chi connectivity index (χ1) is 8.20. The van der Waals surface area contributed by atoms with E-state index < -0.39 is 0 Å². The Labute approximate surface area is 108 Å². The molecule has 0 amide bonds. The first-order valence-electron chi connectivity index (χ1n) is 5.41. The molecule has 0 aliphatic heterocycles. The molecule has 0 aliphatic carbocycles. The number of alkyl halides is 1. The number of rotatable bonds is 4. The summed E-state index contributed by atoms with van der Waals surface area (Å²) in [5.41, 5.74) is 2.12. The lowest BCUT2D eigenvalue weighted by Gasteiger charge is -2.03. The second-order valence-corrected chi connectivity index (χ2v) is 4.93. The van der Waals surface area contributed by atoms with Gasteiger partial charge in [0.2, 0.25) is 5.82 Å². The molecule has 4 nitrogen and oxygen atoms in total. The Morgan fingerprint density at radius 3 is 2.65 bits per heavy atom. The van der Waals surface area contributed by atoms with Gasteiger partial charge in [0.25, 0.3) is 0 Å². The first kappa shape index (κ1) is 12.1. The molecule has 1 heterocycles. The molecule has 0 fully saturated rings. The van der Waals surface area contributed by atoms with Crippen molar-refractivity contribution in [2.45, 2.75) is 18.7 Å². The van der Waals surface area contributed by atoms with E-state index in [1.54, 1.807) is 0 Å². The summed E-state index contributed by atoms with van der Waals surface area (Å²) < 4.78 is 10.1. The first-order valence-corrected chi connectivity index (χ1v) is 6.33. The highest BCUT2D eigenvalue weighted by atomic mass is 79.9. The Bertz CT molecular complexity index is 480. The summed E-state index contributed by atoms with van der Waals surface area (Å²) in [6.07, 6.45) is 0.209. The highest BCUT2D eigenvalue weighted by Gasteiger charge is 2.09. The molecule has 0 N–H and O–H groups in total. The van der Waals surface area contributed by atoms with Gasteiger partial charge < -0.3 is 4.74 Å². The molecule has 5 heteroatoms. The fourth-order valence-corrected chi connectivity index (χ4v) is 1.71. The predicted octanol–water partition coefficient (Wildman–Crippen LogP) is 3.59. The quantitative estimate of drug-likeness (QED) is 0.809. The zero-order valence-electron chi connectivity index (χ0n) is 9.68. The topological polar surface area (TPSA) is 48.2 Å². The summed E-state index contributed by atoms with van der Waals surface area (Å²) in [7, 11) is 0. The summed E-state index contributed by atoms with van der Waals surface area (Å²) in [5, 5.41) is 3.86. The average Bonchev–Trinajstić information content (AvgIpc) is 2.78. The highest BCUT2D eigenvalue weighted by Crippen LogP contribution is 2.25. The third-order valence-corrected chi connectivity index (χ3v) is 2.83. The maximum absolute atomic E-state index is 5.12. The second-order valence-electron chi connectivity index (χ2n) is 3.55. The fourth-order valence-electron chi connectivity index (χ4n) is 1.41. The lowest BCUT2D eigenvalue weighted by atomic mass is 10.1. The van der Waals surface area contributed by atoms with E-state index >= 15 is 0 Å². The maximum atomic E-state index is 5.12. The lowest BCUT2D eigenvalue weighted by Crippen LogP contribution is -1.91. The number of nitrogens with zero attached hydrogens (tertiary/aromatic N) is 2. The Kier molecular flexibility index (Phi) is 3.78. The number of benzene rings is 1. The van der Waals surface area contributed by atoms with E-state index in [9.17, 15) is 0 Å². The van der Waals surface area contributed by atoms with E-state index in [0.29, 0.717) is 17.3 Å². The fraction of sp³-hybridized carbons (Fsp3) is 0.333. The maximum Gasteiger partial charge on any atom is 0.417 e. The van der Waals surface area contributed by atoms with Gasteiger partial charge in [-0.1, -0.05) is 45.4 Å². The molecule has 0 bridgehead atoms. The van der Waals surface area contributed by atoms with Crippen molar-refractivity contribution in [3.05, 3.63) is 29.8 Å². The van der Waals surface area contributed by atoms with Crippen LogP contribution in [0, 0.1) is 0 Å². The Morgan fingerprint density at radius 1 is 1.35 bits per heavy atom. The summed E-state index contributed by atoms with van der Waals surface area (Å²) in [4.78, 5) is 4.47. The van der Waals surface area contributed by atoms with E-state index in [1.165, 1.54) is 5.56 Å². The van der Waals surface area contributed by atoms with Gasteiger partial charge in [-0.2, -0.15) is 4.98 Å². The van der Waals surface area contributed by atoms with Crippen molar-refractivity contribution >= 4 is 15.9 Å². The molecule has 1 aromatic carbocycles. The van der Waals surface area contributed by atoms with Crippen LogP contribution in [0.5, 0.6) is 6.08 Å². The van der Waals surface area contributed by atoms with Crippen molar-refractivity contribution in [1.29, 1.82) is 0 Å². The zero-order chi connectivity index (χ0) is 12.3. The van der Waals surface area contributed by atoms with E-state index in [1.807, 2.05) is 31.2 Å². The third-order valence-electron chi connectivity index (χ3n) is 2.30. The van der Waals surface area contributed by atoms with Gasteiger partial charge in [0.15, 0.2) is 0 Å². The van der Waals surface area contributed by atoms with Gasteiger partial charge in [-0.05, 0) is 19.4 Å². The Morgan fingerprint density at radius 2 is 2.06 bits per heavy atom. The molecule has 0 saturated carbocycles. The van der Waals surface area contributed by atoms with E-state index in [2.05, 4.69) is 33.0 Å². The average molecular weight is 297 g/mol.